The predicted octanol–water partition coefficient (Wildman–Crippen LogP) is 2.61. The van der Waals surface area contributed by atoms with Crippen LogP contribution in [0.2, 0.25) is 0 Å². The van der Waals surface area contributed by atoms with Gasteiger partial charge in [-0.25, -0.2) is 4.79 Å². The Morgan fingerprint density at radius 3 is 2.82 bits per heavy atom. The van der Waals surface area contributed by atoms with Crippen molar-refractivity contribution in [2.24, 2.45) is 0 Å². The Morgan fingerprint density at radius 1 is 1.53 bits per heavy atom. The summed E-state index contributed by atoms with van der Waals surface area (Å²) in [4.78, 5) is 11.7. The molecule has 0 radical (unpaired) electrons. The summed E-state index contributed by atoms with van der Waals surface area (Å²) in [6.45, 7) is 4.69. The Labute approximate surface area is 109 Å². The molecule has 1 aromatic carbocycles. The van der Waals surface area contributed by atoms with Crippen LogP contribution >= 0.6 is 15.9 Å². The van der Waals surface area contributed by atoms with E-state index in [4.69, 9.17) is 15.2 Å². The fourth-order valence-electron chi connectivity index (χ4n) is 1.22. The highest BCUT2D eigenvalue weighted by atomic mass is 79.9. The first-order valence-corrected chi connectivity index (χ1v) is 6.17. The zero-order valence-electron chi connectivity index (χ0n) is 9.90. The lowest BCUT2D eigenvalue weighted by Gasteiger charge is -2.13. The molecule has 94 valence electrons. The largest absolute Gasteiger partial charge is 0.457 e. The monoisotopic (exact) mass is 301 g/mol. The van der Waals surface area contributed by atoms with Crippen molar-refractivity contribution in [3.63, 3.8) is 0 Å². The van der Waals surface area contributed by atoms with E-state index >= 15 is 0 Å². The number of ether oxygens (including phenoxy) is 2. The van der Waals surface area contributed by atoms with Crippen LogP contribution < -0.4 is 5.73 Å². The molecule has 0 bridgehead atoms. The fraction of sp³-hybridized carbons (Fsp3) is 0.417. The van der Waals surface area contributed by atoms with E-state index in [0.29, 0.717) is 28.9 Å². The van der Waals surface area contributed by atoms with Crippen molar-refractivity contribution >= 4 is 27.6 Å². The Balaban J connectivity index is 2.60. The van der Waals surface area contributed by atoms with Crippen molar-refractivity contribution in [3.8, 4) is 0 Å². The Bertz CT molecular complexity index is 395. The van der Waals surface area contributed by atoms with Crippen molar-refractivity contribution in [3.05, 3.63) is 28.2 Å². The van der Waals surface area contributed by atoms with Crippen LogP contribution in [-0.2, 0) is 9.47 Å². The van der Waals surface area contributed by atoms with Crippen LogP contribution in [-0.4, -0.2) is 25.3 Å². The second kappa shape index (κ2) is 6.61. The predicted molar refractivity (Wildman–Crippen MR) is 69.9 cm³/mol. The van der Waals surface area contributed by atoms with Gasteiger partial charge in [-0.2, -0.15) is 0 Å². The van der Waals surface area contributed by atoms with Gasteiger partial charge in [0.1, 0.15) is 6.10 Å². The number of hydrogen-bond acceptors (Lipinski definition) is 4. The number of halogens is 1. The standard InChI is InChI=1S/C12H16BrNO3/c1-3-16-7-8(2)17-12(15)9-4-5-11(14)10(13)6-9/h4-6,8H,3,7,14H2,1-2H3. The molecule has 17 heavy (non-hydrogen) atoms. The average molecular weight is 302 g/mol. The summed E-state index contributed by atoms with van der Waals surface area (Å²) in [6.07, 6.45) is -0.265. The van der Waals surface area contributed by atoms with E-state index in [1.807, 2.05) is 6.92 Å². The number of anilines is 1. The number of nitrogen functional groups attached to an aromatic ring is 1. The summed E-state index contributed by atoms with van der Waals surface area (Å²) in [7, 11) is 0. The lowest BCUT2D eigenvalue weighted by Crippen LogP contribution is -2.20. The maximum Gasteiger partial charge on any atom is 0.338 e. The smallest absolute Gasteiger partial charge is 0.338 e. The van der Waals surface area contributed by atoms with Crippen molar-refractivity contribution in [1.29, 1.82) is 0 Å². The van der Waals surface area contributed by atoms with Gasteiger partial charge in [0.2, 0.25) is 0 Å². The first kappa shape index (κ1) is 14.0. The van der Waals surface area contributed by atoms with Gasteiger partial charge >= 0.3 is 5.97 Å². The highest BCUT2D eigenvalue weighted by molar-refractivity contribution is 9.10. The molecule has 0 aliphatic rings. The van der Waals surface area contributed by atoms with Crippen LogP contribution in [0.4, 0.5) is 5.69 Å². The molecule has 0 aliphatic carbocycles. The lowest BCUT2D eigenvalue weighted by atomic mass is 10.2. The molecule has 0 saturated carbocycles. The first-order chi connectivity index (χ1) is 8.04. The van der Waals surface area contributed by atoms with E-state index in [1.54, 1.807) is 25.1 Å². The minimum atomic E-state index is -0.377. The number of carbonyl (C=O) groups excluding carboxylic acids is 1. The molecular formula is C12H16BrNO3. The molecule has 0 saturated heterocycles. The summed E-state index contributed by atoms with van der Waals surface area (Å²) in [5.41, 5.74) is 6.69. The molecule has 5 heteroatoms. The van der Waals surface area contributed by atoms with Gasteiger partial charge in [-0.3, -0.25) is 0 Å². The third-order valence-electron chi connectivity index (χ3n) is 2.10. The molecule has 0 aromatic heterocycles. The maximum absolute atomic E-state index is 11.7. The van der Waals surface area contributed by atoms with E-state index < -0.39 is 0 Å². The molecule has 0 spiro atoms. The Kier molecular flexibility index (Phi) is 5.44. The van der Waals surface area contributed by atoms with E-state index in [0.717, 1.165) is 0 Å². The molecule has 2 N–H and O–H groups in total. The van der Waals surface area contributed by atoms with Gasteiger partial charge in [0, 0.05) is 16.8 Å². The summed E-state index contributed by atoms with van der Waals surface area (Å²) >= 11 is 3.27. The topological polar surface area (TPSA) is 61.5 Å². The number of rotatable bonds is 5. The number of benzene rings is 1. The van der Waals surface area contributed by atoms with Crippen molar-refractivity contribution in [1.82, 2.24) is 0 Å². The fourth-order valence-corrected chi connectivity index (χ4v) is 1.60. The van der Waals surface area contributed by atoms with Gasteiger partial charge in [0.05, 0.1) is 12.2 Å². The lowest BCUT2D eigenvalue weighted by molar-refractivity contribution is 0.00439. The average Bonchev–Trinajstić information content (AvgIpc) is 2.30. The summed E-state index contributed by atoms with van der Waals surface area (Å²) in [5.74, 6) is -0.377. The summed E-state index contributed by atoms with van der Waals surface area (Å²) in [5, 5.41) is 0. The molecule has 0 heterocycles. The minimum Gasteiger partial charge on any atom is -0.457 e. The minimum absolute atomic E-state index is 0.265. The number of esters is 1. The van der Waals surface area contributed by atoms with Crippen molar-refractivity contribution in [2.75, 3.05) is 18.9 Å². The molecular weight excluding hydrogens is 286 g/mol. The van der Waals surface area contributed by atoms with Gasteiger partial charge in [-0.05, 0) is 48.0 Å². The van der Waals surface area contributed by atoms with Gasteiger partial charge in [0.15, 0.2) is 0 Å². The van der Waals surface area contributed by atoms with E-state index in [9.17, 15) is 4.79 Å². The Morgan fingerprint density at radius 2 is 2.24 bits per heavy atom. The molecule has 0 aliphatic heterocycles. The second-order valence-corrected chi connectivity index (χ2v) is 4.47. The van der Waals surface area contributed by atoms with Crippen LogP contribution in [0.3, 0.4) is 0 Å². The highest BCUT2D eigenvalue weighted by Gasteiger charge is 2.12. The van der Waals surface area contributed by atoms with Crippen LogP contribution in [0.25, 0.3) is 0 Å². The number of carbonyl (C=O) groups is 1. The summed E-state index contributed by atoms with van der Waals surface area (Å²) in [6, 6.07) is 4.94. The first-order valence-electron chi connectivity index (χ1n) is 5.38. The Hall–Kier alpha value is -1.07. The highest BCUT2D eigenvalue weighted by Crippen LogP contribution is 2.21. The van der Waals surface area contributed by atoms with Crippen LogP contribution in [0.1, 0.15) is 24.2 Å². The van der Waals surface area contributed by atoms with Gasteiger partial charge in [0.25, 0.3) is 0 Å². The van der Waals surface area contributed by atoms with Gasteiger partial charge in [-0.1, -0.05) is 0 Å². The molecule has 1 rings (SSSR count). The van der Waals surface area contributed by atoms with Crippen molar-refractivity contribution in [2.45, 2.75) is 20.0 Å². The van der Waals surface area contributed by atoms with Crippen LogP contribution in [0.15, 0.2) is 22.7 Å². The molecule has 1 aromatic rings. The SMILES string of the molecule is CCOCC(C)OC(=O)c1ccc(N)c(Br)c1. The van der Waals surface area contributed by atoms with E-state index in [-0.39, 0.29) is 12.1 Å². The third-order valence-corrected chi connectivity index (χ3v) is 2.79. The third kappa shape index (κ3) is 4.36. The van der Waals surface area contributed by atoms with Crippen LogP contribution in [0, 0.1) is 0 Å². The van der Waals surface area contributed by atoms with E-state index in [1.165, 1.54) is 0 Å². The van der Waals surface area contributed by atoms with Crippen LogP contribution in [0.5, 0.6) is 0 Å². The van der Waals surface area contributed by atoms with Crippen molar-refractivity contribution < 1.29 is 14.3 Å². The second-order valence-electron chi connectivity index (χ2n) is 3.61. The molecule has 0 fully saturated rings. The zero-order chi connectivity index (χ0) is 12.8. The normalized spacial score (nSPS) is 12.2. The molecule has 1 atom stereocenters. The zero-order valence-corrected chi connectivity index (χ0v) is 11.5. The number of nitrogens with two attached hydrogens (primary N) is 1. The van der Waals surface area contributed by atoms with E-state index in [2.05, 4.69) is 15.9 Å². The molecule has 0 amide bonds. The maximum atomic E-state index is 11.7. The molecule has 4 nitrogen and oxygen atoms in total. The quantitative estimate of drug-likeness (QED) is 0.671. The van der Waals surface area contributed by atoms with Gasteiger partial charge in [-0.15, -0.1) is 0 Å². The van der Waals surface area contributed by atoms with Gasteiger partial charge < -0.3 is 15.2 Å². The molecule has 1 unspecified atom stereocenters. The number of hydrogen-bond donors (Lipinski definition) is 1. The summed E-state index contributed by atoms with van der Waals surface area (Å²) < 4.78 is 11.1.